The Morgan fingerprint density at radius 3 is 2.60 bits per heavy atom. The molecule has 0 aromatic carbocycles. The van der Waals surface area contributed by atoms with Crippen LogP contribution in [0.15, 0.2) is 22.2 Å². The smallest absolute Gasteiger partial charge is 0.418 e. The topological polar surface area (TPSA) is 249 Å². The summed E-state index contributed by atoms with van der Waals surface area (Å²) in [6.07, 6.45) is -0.394. The summed E-state index contributed by atoms with van der Waals surface area (Å²) in [5.41, 5.74) is 2.67. The molecule has 0 bridgehead atoms. The Labute approximate surface area is 200 Å². The summed E-state index contributed by atoms with van der Waals surface area (Å²) in [4.78, 5) is 46.0. The first-order valence-electron chi connectivity index (χ1n) is 9.42. The second-order valence-corrected chi connectivity index (χ2v) is 9.42. The van der Waals surface area contributed by atoms with E-state index in [4.69, 9.17) is 15.1 Å². The minimum atomic E-state index is -4.99. The van der Waals surface area contributed by atoms with Crippen molar-refractivity contribution in [3.8, 4) is 5.75 Å². The number of oxime groups is 1. The molecule has 0 spiro atoms. The van der Waals surface area contributed by atoms with E-state index in [1.807, 2.05) is 0 Å². The molecule has 2 atom stereocenters. The molecule has 3 heterocycles. The van der Waals surface area contributed by atoms with Gasteiger partial charge in [-0.1, -0.05) is 5.16 Å². The summed E-state index contributed by atoms with van der Waals surface area (Å²) in [7, 11) is -4.99. The van der Waals surface area contributed by atoms with Crippen LogP contribution < -0.4 is 16.5 Å². The molecule has 1 aliphatic heterocycles. The molecule has 19 heteroatoms. The maximum absolute atomic E-state index is 12.9. The molecule has 17 nitrogen and oxygen atoms in total. The average molecular weight is 534 g/mol. The van der Waals surface area contributed by atoms with E-state index in [2.05, 4.69) is 24.1 Å². The minimum Gasteiger partial charge on any atom is -0.503 e. The number of nitrogen functional groups attached to an aromatic ring is 1. The van der Waals surface area contributed by atoms with Crippen LogP contribution in [0.2, 0.25) is 0 Å². The summed E-state index contributed by atoms with van der Waals surface area (Å²) in [6, 6.07) is -0.427. The first-order chi connectivity index (χ1) is 16.1. The number of amides is 2. The van der Waals surface area contributed by atoms with Crippen LogP contribution in [0.5, 0.6) is 5.75 Å². The van der Waals surface area contributed by atoms with E-state index in [0.717, 1.165) is 23.8 Å². The summed E-state index contributed by atoms with van der Waals surface area (Å²) in [5.74, 6) is -3.01. The van der Waals surface area contributed by atoms with Crippen molar-refractivity contribution in [2.75, 3.05) is 5.73 Å². The van der Waals surface area contributed by atoms with E-state index >= 15 is 0 Å². The minimum absolute atomic E-state index is 0.0240. The van der Waals surface area contributed by atoms with Gasteiger partial charge in [0, 0.05) is 17.6 Å². The molecule has 190 valence electrons. The maximum Gasteiger partial charge on any atom is 0.418 e. The molecule has 1 aliphatic rings. The number of anilines is 1. The third-order valence-corrected chi connectivity index (χ3v) is 5.63. The van der Waals surface area contributed by atoms with Gasteiger partial charge in [-0.3, -0.25) is 18.9 Å². The van der Waals surface area contributed by atoms with Crippen molar-refractivity contribution >= 4 is 44.6 Å². The van der Waals surface area contributed by atoms with Crippen molar-refractivity contribution in [2.24, 2.45) is 5.16 Å². The van der Waals surface area contributed by atoms with Gasteiger partial charge in [0.15, 0.2) is 17.0 Å². The first kappa shape index (κ1) is 25.8. The average Bonchev–Trinajstić information content (AvgIpc) is 3.17. The van der Waals surface area contributed by atoms with Gasteiger partial charge in [0.2, 0.25) is 17.0 Å². The lowest BCUT2D eigenvalue weighted by Gasteiger charge is -2.50. The van der Waals surface area contributed by atoms with Crippen LogP contribution >= 0.6 is 11.5 Å². The molecule has 0 saturated carbocycles. The Bertz CT molecular complexity index is 1370. The number of nitrogens with one attached hydrogen (secondary N) is 1. The number of carbonyl (C=O) groups excluding carboxylic acids is 2. The van der Waals surface area contributed by atoms with Gasteiger partial charge in [-0.05, 0) is 20.8 Å². The summed E-state index contributed by atoms with van der Waals surface area (Å²) in [5, 5.41) is 25.6. The van der Waals surface area contributed by atoms with E-state index < -0.39 is 56.8 Å². The molecule has 2 unspecified atom stereocenters. The highest BCUT2D eigenvalue weighted by Crippen LogP contribution is 2.33. The number of hydrogen-bond donors (Lipinski definition) is 5. The lowest BCUT2D eigenvalue weighted by Crippen LogP contribution is -2.76. The number of β-lactam (4-membered cyclic amide) rings is 1. The maximum atomic E-state index is 12.9. The fourth-order valence-corrected chi connectivity index (χ4v) is 3.84. The molecule has 1 fully saturated rings. The normalized spacial score (nSPS) is 18.6. The fraction of sp³-hybridized carbons (Fsp3) is 0.375. The molecule has 2 aromatic heterocycles. The van der Waals surface area contributed by atoms with Crippen LogP contribution in [-0.2, 0) is 29.1 Å². The number of hydroxylamine groups is 2. The summed E-state index contributed by atoms with van der Waals surface area (Å²) in [6.45, 7) is 4.07. The number of pyridine rings is 1. The molecular formula is C16H19N7O10S2. The lowest BCUT2D eigenvalue weighted by atomic mass is 9.84. The van der Waals surface area contributed by atoms with Crippen LogP contribution in [0.4, 0.5) is 5.13 Å². The van der Waals surface area contributed by atoms with Gasteiger partial charge >= 0.3 is 10.4 Å². The fourth-order valence-electron chi connectivity index (χ4n) is 2.95. The van der Waals surface area contributed by atoms with Crippen molar-refractivity contribution in [1.29, 1.82) is 0 Å². The Morgan fingerprint density at radius 1 is 1.40 bits per heavy atom. The predicted molar refractivity (Wildman–Crippen MR) is 115 cm³/mol. The molecule has 1 saturated heterocycles. The number of nitrogens with zero attached hydrogens (tertiary/aromatic N) is 5. The number of nitrogens with two attached hydrogens (primary N) is 1. The third-order valence-electron chi connectivity index (χ3n) is 4.75. The van der Waals surface area contributed by atoms with E-state index in [9.17, 15) is 33.1 Å². The highest BCUT2D eigenvalue weighted by atomic mass is 32.3. The molecule has 0 radical (unpaired) electrons. The van der Waals surface area contributed by atoms with Gasteiger partial charge in [0.1, 0.15) is 11.7 Å². The van der Waals surface area contributed by atoms with Gasteiger partial charge < -0.3 is 26.2 Å². The first-order valence-corrected chi connectivity index (χ1v) is 11.6. The molecule has 2 amide bonds. The number of carbonyl (C=O) groups is 2. The highest BCUT2D eigenvalue weighted by molar-refractivity contribution is 7.80. The number of aromatic nitrogens is 3. The molecule has 0 aliphatic carbocycles. The Balaban J connectivity index is 1.85. The van der Waals surface area contributed by atoms with Gasteiger partial charge in [-0.2, -0.15) is 27.6 Å². The Kier molecular flexibility index (Phi) is 6.70. The quantitative estimate of drug-likeness (QED) is 0.0857. The van der Waals surface area contributed by atoms with E-state index in [1.54, 1.807) is 0 Å². The molecule has 2 aromatic rings. The predicted octanol–water partition coefficient (Wildman–Crippen LogP) is -1.45. The molecular weight excluding hydrogens is 514 g/mol. The Hall–Kier alpha value is -3.81. The summed E-state index contributed by atoms with van der Waals surface area (Å²) < 4.78 is 39.3. The van der Waals surface area contributed by atoms with Crippen LogP contribution in [-0.4, -0.2) is 71.5 Å². The standard InChI is InChI=1S/C16H19N7O10S2/c1-6(7-4-8(24)9(25)5-22(7)28)32-20-10(12-19-15(17)34-21-12)13(26)18-11-14(27)23(16(11,2)3)33-35(29,30)31/h4-6,11,25,28H,1-3H3,(H,18,26)(H2,17,19,21)(H,29,30,31)/b20-10-. The van der Waals surface area contributed by atoms with Crippen molar-refractivity contribution in [3.05, 3.63) is 34.0 Å². The largest absolute Gasteiger partial charge is 0.503 e. The summed E-state index contributed by atoms with van der Waals surface area (Å²) >= 11 is 0.730. The van der Waals surface area contributed by atoms with Crippen molar-refractivity contribution < 1.29 is 42.0 Å². The van der Waals surface area contributed by atoms with Crippen LogP contribution in [0.1, 0.15) is 38.4 Å². The number of aromatic hydroxyl groups is 1. The zero-order valence-corrected chi connectivity index (χ0v) is 19.8. The van der Waals surface area contributed by atoms with Gasteiger partial charge in [-0.15, -0.1) is 4.28 Å². The van der Waals surface area contributed by atoms with Gasteiger partial charge in [-0.25, -0.2) is 0 Å². The van der Waals surface area contributed by atoms with Crippen LogP contribution in [0.25, 0.3) is 0 Å². The SMILES string of the molecule is CC(O/N=C(\C(=O)NC1C(=O)N(OS(=O)(=O)O)C1(C)C)c1nsc(N)n1)c1cc(=O)c(O)cn1O. The zero-order valence-electron chi connectivity index (χ0n) is 18.1. The number of rotatable bonds is 8. The molecule has 35 heavy (non-hydrogen) atoms. The number of hydrogen-bond acceptors (Lipinski definition) is 14. The van der Waals surface area contributed by atoms with Gasteiger partial charge in [0.05, 0.1) is 11.7 Å². The second kappa shape index (κ2) is 9.09. The monoisotopic (exact) mass is 533 g/mol. The second-order valence-electron chi connectivity index (χ2n) is 7.63. The van der Waals surface area contributed by atoms with Crippen molar-refractivity contribution in [1.82, 2.24) is 24.5 Å². The molecule has 6 N–H and O–H groups in total. The highest BCUT2D eigenvalue weighted by Gasteiger charge is 2.58. The van der Waals surface area contributed by atoms with E-state index in [1.165, 1.54) is 20.8 Å². The van der Waals surface area contributed by atoms with Crippen LogP contribution in [0.3, 0.4) is 0 Å². The third kappa shape index (κ3) is 5.31. The van der Waals surface area contributed by atoms with E-state index in [-0.39, 0.29) is 16.6 Å². The molecule has 3 rings (SSSR count). The van der Waals surface area contributed by atoms with Crippen LogP contribution in [0, 0.1) is 0 Å². The lowest BCUT2D eigenvalue weighted by molar-refractivity contribution is -0.218. The zero-order chi connectivity index (χ0) is 26.3. The van der Waals surface area contributed by atoms with Gasteiger partial charge in [0.25, 0.3) is 11.8 Å². The van der Waals surface area contributed by atoms with Crippen molar-refractivity contribution in [2.45, 2.75) is 38.5 Å². The Morgan fingerprint density at radius 2 is 2.06 bits per heavy atom. The van der Waals surface area contributed by atoms with Crippen molar-refractivity contribution in [3.63, 3.8) is 0 Å². The van der Waals surface area contributed by atoms with E-state index in [0.29, 0.717) is 9.79 Å².